The summed E-state index contributed by atoms with van der Waals surface area (Å²) in [5.74, 6) is 0.800. The van der Waals surface area contributed by atoms with E-state index in [4.69, 9.17) is 4.74 Å². The lowest BCUT2D eigenvalue weighted by atomic mass is 10.0. The van der Waals surface area contributed by atoms with E-state index in [0.717, 1.165) is 0 Å². The van der Waals surface area contributed by atoms with Crippen molar-refractivity contribution in [3.05, 3.63) is 23.3 Å². The normalized spacial score (nSPS) is 15.0. The van der Waals surface area contributed by atoms with Gasteiger partial charge in [-0.1, -0.05) is 0 Å². The maximum Gasteiger partial charge on any atom is 0.170 e. The summed E-state index contributed by atoms with van der Waals surface area (Å²) in [6.45, 7) is 2.16. The third-order valence-corrected chi connectivity index (χ3v) is 2.25. The average Bonchev–Trinajstić information content (AvgIpc) is 2.12. The Hall–Kier alpha value is -1.51. The van der Waals surface area contributed by atoms with E-state index < -0.39 is 0 Å². The molecule has 2 rings (SSSR count). The van der Waals surface area contributed by atoms with E-state index in [1.165, 1.54) is 6.07 Å². The van der Waals surface area contributed by atoms with Crippen LogP contribution >= 0.6 is 0 Å². The van der Waals surface area contributed by atoms with E-state index in [1.54, 1.807) is 13.0 Å². The lowest BCUT2D eigenvalue weighted by Gasteiger charge is -2.18. The predicted octanol–water partition coefficient (Wildman–Crippen LogP) is 1.67. The standard InChI is InChI=1S/C10H10O3/c1-6-8(11)3-2-7-9(12)4-5-13-10(6)7/h2-3,11H,4-5H2,1H3. The Morgan fingerprint density at radius 3 is 3.00 bits per heavy atom. The molecule has 1 aromatic carbocycles. The summed E-state index contributed by atoms with van der Waals surface area (Å²) in [5, 5.41) is 9.37. The van der Waals surface area contributed by atoms with Gasteiger partial charge in [-0.2, -0.15) is 0 Å². The molecule has 68 valence electrons. The van der Waals surface area contributed by atoms with Crippen molar-refractivity contribution in [2.24, 2.45) is 0 Å². The molecule has 0 fully saturated rings. The number of ketones is 1. The first-order valence-corrected chi connectivity index (χ1v) is 4.18. The Labute approximate surface area is 76.0 Å². The molecule has 0 amide bonds. The minimum atomic E-state index is 0.0874. The van der Waals surface area contributed by atoms with Gasteiger partial charge in [-0.15, -0.1) is 0 Å². The van der Waals surface area contributed by atoms with Crippen LogP contribution in [0.3, 0.4) is 0 Å². The first-order chi connectivity index (χ1) is 6.20. The molecular weight excluding hydrogens is 168 g/mol. The Morgan fingerprint density at radius 1 is 1.46 bits per heavy atom. The maximum absolute atomic E-state index is 11.4. The molecule has 0 aliphatic carbocycles. The molecule has 1 N–H and O–H groups in total. The largest absolute Gasteiger partial charge is 0.508 e. The van der Waals surface area contributed by atoms with Crippen molar-refractivity contribution < 1.29 is 14.6 Å². The van der Waals surface area contributed by atoms with Crippen LogP contribution in [0.25, 0.3) is 0 Å². The fourth-order valence-electron chi connectivity index (χ4n) is 1.47. The Balaban J connectivity index is 2.63. The number of benzene rings is 1. The van der Waals surface area contributed by atoms with Crippen molar-refractivity contribution in [3.63, 3.8) is 0 Å². The lowest BCUT2D eigenvalue weighted by Crippen LogP contribution is -2.15. The SMILES string of the molecule is Cc1c(O)ccc2c1OCCC2=O. The Kier molecular flexibility index (Phi) is 1.72. The molecule has 0 radical (unpaired) electrons. The van der Waals surface area contributed by atoms with Crippen LogP contribution in [0.2, 0.25) is 0 Å². The first-order valence-electron chi connectivity index (χ1n) is 4.18. The van der Waals surface area contributed by atoms with Crippen molar-refractivity contribution in [2.45, 2.75) is 13.3 Å². The summed E-state index contributed by atoms with van der Waals surface area (Å²) in [6, 6.07) is 3.14. The average molecular weight is 178 g/mol. The molecule has 3 nitrogen and oxygen atoms in total. The van der Waals surface area contributed by atoms with Crippen molar-refractivity contribution in [3.8, 4) is 11.5 Å². The van der Waals surface area contributed by atoms with Gasteiger partial charge in [0.2, 0.25) is 0 Å². The van der Waals surface area contributed by atoms with Crippen LogP contribution in [0, 0.1) is 6.92 Å². The van der Waals surface area contributed by atoms with Gasteiger partial charge in [0, 0.05) is 12.0 Å². The lowest BCUT2D eigenvalue weighted by molar-refractivity contribution is 0.0932. The number of phenolic OH excluding ortho intramolecular Hbond substituents is 1. The van der Waals surface area contributed by atoms with Crippen LogP contribution in [0.1, 0.15) is 22.3 Å². The summed E-state index contributed by atoms with van der Waals surface area (Å²) in [4.78, 5) is 11.4. The molecule has 0 atom stereocenters. The van der Waals surface area contributed by atoms with Gasteiger partial charge in [0.25, 0.3) is 0 Å². The zero-order valence-electron chi connectivity index (χ0n) is 7.33. The number of hydrogen-bond acceptors (Lipinski definition) is 3. The van der Waals surface area contributed by atoms with E-state index in [-0.39, 0.29) is 11.5 Å². The van der Waals surface area contributed by atoms with E-state index in [1.807, 2.05) is 0 Å². The minimum absolute atomic E-state index is 0.0874. The highest BCUT2D eigenvalue weighted by atomic mass is 16.5. The van der Waals surface area contributed by atoms with Crippen molar-refractivity contribution in [1.82, 2.24) is 0 Å². The molecule has 1 aliphatic rings. The fraction of sp³-hybridized carbons (Fsp3) is 0.300. The number of fused-ring (bicyclic) bond motifs is 1. The predicted molar refractivity (Wildman–Crippen MR) is 47.3 cm³/mol. The van der Waals surface area contributed by atoms with E-state index in [2.05, 4.69) is 0 Å². The van der Waals surface area contributed by atoms with Gasteiger partial charge in [-0.05, 0) is 19.1 Å². The number of carbonyl (C=O) groups excluding carboxylic acids is 1. The second-order valence-corrected chi connectivity index (χ2v) is 3.11. The van der Waals surface area contributed by atoms with Crippen LogP contribution in [0.4, 0.5) is 0 Å². The monoisotopic (exact) mass is 178 g/mol. The molecule has 3 heteroatoms. The zero-order valence-corrected chi connectivity index (χ0v) is 7.33. The number of aromatic hydroxyl groups is 1. The number of hydrogen-bond donors (Lipinski definition) is 1. The molecule has 13 heavy (non-hydrogen) atoms. The second kappa shape index (κ2) is 2.76. The Bertz CT molecular complexity index is 369. The number of phenols is 1. The molecule has 0 aromatic heterocycles. The van der Waals surface area contributed by atoms with E-state index >= 15 is 0 Å². The highest BCUT2D eigenvalue weighted by molar-refractivity contribution is 6.00. The summed E-state index contributed by atoms with van der Waals surface area (Å²) in [5.41, 5.74) is 1.23. The van der Waals surface area contributed by atoms with Crippen molar-refractivity contribution in [2.75, 3.05) is 6.61 Å². The Morgan fingerprint density at radius 2 is 2.23 bits per heavy atom. The minimum Gasteiger partial charge on any atom is -0.508 e. The quantitative estimate of drug-likeness (QED) is 0.657. The highest BCUT2D eigenvalue weighted by Gasteiger charge is 2.21. The van der Waals surface area contributed by atoms with Gasteiger partial charge in [0.05, 0.1) is 12.2 Å². The second-order valence-electron chi connectivity index (χ2n) is 3.11. The van der Waals surface area contributed by atoms with Gasteiger partial charge in [-0.3, -0.25) is 4.79 Å². The molecule has 0 bridgehead atoms. The first kappa shape index (κ1) is 8.10. The number of Topliss-reactive ketones (excluding diaryl/α,β-unsaturated/α-hetero) is 1. The number of rotatable bonds is 0. The smallest absolute Gasteiger partial charge is 0.170 e. The van der Waals surface area contributed by atoms with Gasteiger partial charge in [0.15, 0.2) is 5.78 Å². The number of carbonyl (C=O) groups is 1. The van der Waals surface area contributed by atoms with Crippen LogP contribution in [-0.4, -0.2) is 17.5 Å². The summed E-state index contributed by atoms with van der Waals surface area (Å²) >= 11 is 0. The van der Waals surface area contributed by atoms with Crippen LogP contribution in [0.15, 0.2) is 12.1 Å². The highest BCUT2D eigenvalue weighted by Crippen LogP contribution is 2.33. The molecule has 0 saturated carbocycles. The third kappa shape index (κ3) is 1.16. The maximum atomic E-state index is 11.4. The van der Waals surface area contributed by atoms with Crippen molar-refractivity contribution >= 4 is 5.78 Å². The van der Waals surface area contributed by atoms with Gasteiger partial charge in [-0.25, -0.2) is 0 Å². The topological polar surface area (TPSA) is 46.5 Å². The molecule has 0 unspecified atom stereocenters. The van der Waals surface area contributed by atoms with Gasteiger partial charge >= 0.3 is 0 Å². The van der Waals surface area contributed by atoms with Crippen molar-refractivity contribution in [1.29, 1.82) is 0 Å². The summed E-state index contributed by atoms with van der Waals surface area (Å²) in [7, 11) is 0. The molecule has 1 aliphatic heterocycles. The van der Waals surface area contributed by atoms with E-state index in [0.29, 0.717) is 29.9 Å². The summed E-state index contributed by atoms with van der Waals surface area (Å²) in [6.07, 6.45) is 0.428. The number of ether oxygens (including phenoxy) is 1. The van der Waals surface area contributed by atoms with Gasteiger partial charge < -0.3 is 9.84 Å². The zero-order chi connectivity index (χ0) is 9.42. The molecule has 0 saturated heterocycles. The summed E-state index contributed by atoms with van der Waals surface area (Å²) < 4.78 is 5.32. The third-order valence-electron chi connectivity index (χ3n) is 2.25. The van der Waals surface area contributed by atoms with Gasteiger partial charge in [0.1, 0.15) is 11.5 Å². The molecule has 1 aromatic rings. The van der Waals surface area contributed by atoms with Crippen LogP contribution in [0.5, 0.6) is 11.5 Å². The fourth-order valence-corrected chi connectivity index (χ4v) is 1.47. The molecule has 1 heterocycles. The van der Waals surface area contributed by atoms with E-state index in [9.17, 15) is 9.90 Å². The molecular formula is C10H10O3. The van der Waals surface area contributed by atoms with Crippen LogP contribution in [-0.2, 0) is 0 Å². The molecule has 0 spiro atoms. The van der Waals surface area contributed by atoms with Crippen LogP contribution < -0.4 is 4.74 Å².